The molecule has 0 aliphatic carbocycles. The summed E-state index contributed by atoms with van der Waals surface area (Å²) in [4.78, 5) is 41.6. The van der Waals surface area contributed by atoms with Gasteiger partial charge >= 0.3 is 5.97 Å². The summed E-state index contributed by atoms with van der Waals surface area (Å²) in [5, 5.41) is 3.82. The number of carbonyl (C=O) groups is 3. The minimum Gasteiger partial charge on any atom is -0.463 e. The van der Waals surface area contributed by atoms with E-state index < -0.39 is 11.9 Å². The molecule has 5 rings (SSSR count). The highest BCUT2D eigenvalue weighted by Gasteiger charge is 2.37. The Balaban J connectivity index is 1.32. The van der Waals surface area contributed by atoms with Crippen LogP contribution in [0.3, 0.4) is 0 Å². The van der Waals surface area contributed by atoms with Crippen LogP contribution in [-0.2, 0) is 20.9 Å². The Morgan fingerprint density at radius 3 is 2.20 bits per heavy atom. The van der Waals surface area contributed by atoms with Crippen LogP contribution in [0.25, 0.3) is 0 Å². The van der Waals surface area contributed by atoms with Crippen LogP contribution in [0.5, 0.6) is 0 Å². The molecule has 4 aromatic rings. The smallest absolute Gasteiger partial charge is 0.336 e. The maximum Gasteiger partial charge on any atom is 0.336 e. The Bertz CT molecular complexity index is 1700. The molecule has 1 N–H and O–H groups in total. The van der Waals surface area contributed by atoms with Crippen molar-refractivity contribution in [2.24, 2.45) is 0 Å². The van der Waals surface area contributed by atoms with E-state index in [1.165, 1.54) is 11.1 Å². The summed E-state index contributed by atoms with van der Waals surface area (Å²) in [6.45, 7) is 4.39. The van der Waals surface area contributed by atoms with Crippen LogP contribution in [0.15, 0.2) is 114 Å². The first kappa shape index (κ1) is 33.0. The molecule has 1 unspecified atom stereocenters. The quantitative estimate of drug-likeness (QED) is 0.165. The number of nitrogens with zero attached hydrogens (tertiary/aromatic N) is 1. The van der Waals surface area contributed by atoms with Gasteiger partial charge in [-0.2, -0.15) is 0 Å². The van der Waals surface area contributed by atoms with Crippen LogP contribution in [-0.4, -0.2) is 35.8 Å². The molecule has 1 atom stereocenters. The van der Waals surface area contributed by atoms with Gasteiger partial charge in [-0.15, -0.1) is 0 Å². The van der Waals surface area contributed by atoms with E-state index in [0.29, 0.717) is 39.0 Å². The van der Waals surface area contributed by atoms with E-state index in [4.69, 9.17) is 27.9 Å². The van der Waals surface area contributed by atoms with Gasteiger partial charge in [0.15, 0.2) is 0 Å². The minimum absolute atomic E-state index is 0.0631. The number of rotatable bonds is 11. The summed E-state index contributed by atoms with van der Waals surface area (Å²) < 4.78 is 5.41. The lowest BCUT2D eigenvalue weighted by Crippen LogP contribution is -2.38. The molecule has 8 heteroatoms. The van der Waals surface area contributed by atoms with Crippen molar-refractivity contribution in [2.45, 2.75) is 45.1 Å². The van der Waals surface area contributed by atoms with Gasteiger partial charge in [0, 0.05) is 36.1 Å². The summed E-state index contributed by atoms with van der Waals surface area (Å²) in [6.07, 6.45) is 0.802. The highest BCUT2D eigenvalue weighted by atomic mass is 35.5. The van der Waals surface area contributed by atoms with Crippen LogP contribution in [0.1, 0.15) is 71.1 Å². The number of hydrogen-bond donors (Lipinski definition) is 1. The van der Waals surface area contributed by atoms with E-state index in [9.17, 15) is 14.4 Å². The van der Waals surface area contributed by atoms with E-state index in [0.717, 1.165) is 12.0 Å². The summed E-state index contributed by atoms with van der Waals surface area (Å²) >= 11 is 12.4. The number of amides is 2. The molecule has 4 aromatic carbocycles. The predicted octanol–water partition coefficient (Wildman–Crippen LogP) is 8.30. The third kappa shape index (κ3) is 7.69. The number of hydrogen-bond acceptors (Lipinski definition) is 4. The second-order valence-electron chi connectivity index (χ2n) is 11.2. The van der Waals surface area contributed by atoms with Crippen LogP contribution in [0.2, 0.25) is 10.0 Å². The average Bonchev–Trinajstić information content (AvgIpc) is 3.07. The first-order chi connectivity index (χ1) is 22.3. The number of esters is 1. The van der Waals surface area contributed by atoms with Gasteiger partial charge in [-0.3, -0.25) is 9.59 Å². The van der Waals surface area contributed by atoms with Crippen molar-refractivity contribution >= 4 is 41.0 Å². The van der Waals surface area contributed by atoms with Crippen molar-refractivity contribution in [1.82, 2.24) is 10.2 Å². The van der Waals surface area contributed by atoms with E-state index in [2.05, 4.69) is 29.6 Å². The Labute approximate surface area is 280 Å². The summed E-state index contributed by atoms with van der Waals surface area (Å²) in [7, 11) is 0. The molecule has 1 aliphatic heterocycles. The molecular weight excluding hydrogens is 619 g/mol. The molecule has 236 valence electrons. The van der Waals surface area contributed by atoms with Gasteiger partial charge in [0.2, 0.25) is 5.91 Å². The lowest BCUT2D eigenvalue weighted by molar-refractivity contribution is -0.140. The van der Waals surface area contributed by atoms with Crippen molar-refractivity contribution < 1.29 is 19.1 Å². The molecule has 0 saturated heterocycles. The molecule has 0 fully saturated rings. The summed E-state index contributed by atoms with van der Waals surface area (Å²) in [5.74, 6) is -1.19. The maximum atomic E-state index is 13.5. The third-order valence-corrected chi connectivity index (χ3v) is 9.06. The molecule has 0 radical (unpaired) electrons. The van der Waals surface area contributed by atoms with Crippen LogP contribution < -0.4 is 5.32 Å². The fourth-order valence-corrected chi connectivity index (χ4v) is 6.32. The normalized spacial score (nSPS) is 14.8. The molecule has 2 amide bonds. The summed E-state index contributed by atoms with van der Waals surface area (Å²) in [6, 6.07) is 32.9. The lowest BCUT2D eigenvalue weighted by Gasteiger charge is -2.34. The van der Waals surface area contributed by atoms with Crippen LogP contribution >= 0.6 is 23.2 Å². The van der Waals surface area contributed by atoms with Gasteiger partial charge in [-0.05, 0) is 66.8 Å². The number of carbonyl (C=O) groups excluding carboxylic acids is 3. The second-order valence-corrected chi connectivity index (χ2v) is 12.1. The maximum absolute atomic E-state index is 13.5. The van der Waals surface area contributed by atoms with Gasteiger partial charge in [0.05, 0.1) is 28.8 Å². The Kier molecular flexibility index (Phi) is 10.9. The molecule has 46 heavy (non-hydrogen) atoms. The fraction of sp³-hybridized carbons (Fsp3) is 0.237. The van der Waals surface area contributed by atoms with E-state index in [1.807, 2.05) is 42.5 Å². The van der Waals surface area contributed by atoms with Crippen molar-refractivity contribution in [3.8, 4) is 0 Å². The van der Waals surface area contributed by atoms with Crippen molar-refractivity contribution in [3.63, 3.8) is 0 Å². The fourth-order valence-electron chi connectivity index (χ4n) is 6.01. The zero-order valence-electron chi connectivity index (χ0n) is 25.8. The van der Waals surface area contributed by atoms with Gasteiger partial charge in [-0.25, -0.2) is 4.79 Å². The Morgan fingerprint density at radius 2 is 1.57 bits per heavy atom. The first-order valence-electron chi connectivity index (χ1n) is 15.4. The van der Waals surface area contributed by atoms with Gasteiger partial charge in [0.1, 0.15) is 0 Å². The Morgan fingerprint density at radius 1 is 0.891 bits per heavy atom. The highest BCUT2D eigenvalue weighted by Crippen LogP contribution is 2.39. The largest absolute Gasteiger partial charge is 0.463 e. The molecule has 1 heterocycles. The van der Waals surface area contributed by atoms with Gasteiger partial charge in [-0.1, -0.05) is 102 Å². The molecular formula is C38H36Cl2N2O4. The van der Waals surface area contributed by atoms with Crippen molar-refractivity contribution in [1.29, 1.82) is 0 Å². The lowest BCUT2D eigenvalue weighted by atomic mass is 9.83. The molecule has 0 bridgehead atoms. The van der Waals surface area contributed by atoms with Gasteiger partial charge in [0.25, 0.3) is 5.91 Å². The minimum atomic E-state index is -0.523. The molecule has 6 nitrogen and oxygen atoms in total. The van der Waals surface area contributed by atoms with E-state index in [-0.39, 0.29) is 37.3 Å². The average molecular weight is 656 g/mol. The van der Waals surface area contributed by atoms with Crippen LogP contribution in [0, 0.1) is 0 Å². The van der Waals surface area contributed by atoms with Gasteiger partial charge < -0.3 is 15.0 Å². The predicted molar refractivity (Wildman–Crippen MR) is 182 cm³/mol. The summed E-state index contributed by atoms with van der Waals surface area (Å²) in [5.41, 5.74) is 5.28. The Hall–Kier alpha value is -4.39. The second kappa shape index (κ2) is 15.3. The highest BCUT2D eigenvalue weighted by molar-refractivity contribution is 6.42. The number of allylic oxidation sites excluding steroid dienone is 1. The zero-order valence-corrected chi connectivity index (χ0v) is 27.4. The number of ether oxygens (including phenoxy) is 1. The number of benzene rings is 4. The first-order valence-corrected chi connectivity index (χ1v) is 16.1. The topological polar surface area (TPSA) is 75.7 Å². The number of nitrogens with one attached hydrogen (secondary N) is 1. The zero-order chi connectivity index (χ0) is 32.6. The molecule has 0 spiro atoms. The molecule has 1 aliphatic rings. The molecule has 0 saturated carbocycles. The van der Waals surface area contributed by atoms with E-state index in [1.54, 1.807) is 55.1 Å². The number of halogens is 2. The SMILES string of the molecule is CCOC(=O)C1=C(C)N(Cc2cccc(C(=O)NCCC(c3ccccc3)c3ccccc3)c2)C(=O)CC1c1ccc(Cl)c(Cl)c1. The molecule has 0 aromatic heterocycles. The third-order valence-electron chi connectivity index (χ3n) is 8.32. The van der Waals surface area contributed by atoms with E-state index >= 15 is 0 Å². The van der Waals surface area contributed by atoms with Crippen LogP contribution in [0.4, 0.5) is 0 Å². The monoisotopic (exact) mass is 654 g/mol. The standard InChI is InChI=1S/C38H36Cl2N2O4/c1-3-46-38(45)36-25(2)42(35(43)23-32(36)29-17-18-33(39)34(40)22-29)24-26-11-10-16-30(21-26)37(44)41-20-19-31(27-12-6-4-7-13-27)28-14-8-5-9-15-28/h4-18,21-22,31-32H,3,19-20,23-24H2,1-2H3,(H,41,44). The van der Waals surface area contributed by atoms with Crippen molar-refractivity contribution in [2.75, 3.05) is 13.2 Å². The van der Waals surface area contributed by atoms with Crippen molar-refractivity contribution in [3.05, 3.63) is 152 Å².